The van der Waals surface area contributed by atoms with Crippen molar-refractivity contribution in [1.82, 2.24) is 14.4 Å². The molecule has 5 rings (SSSR count). The zero-order valence-electron chi connectivity index (χ0n) is 13.8. The van der Waals surface area contributed by atoms with Crippen molar-refractivity contribution in [3.8, 4) is 11.4 Å². The molecule has 0 amide bonds. The van der Waals surface area contributed by atoms with Crippen molar-refractivity contribution in [2.75, 3.05) is 0 Å². The molecule has 0 unspecified atom stereocenters. The first-order valence-electron chi connectivity index (χ1n) is 8.39. The van der Waals surface area contributed by atoms with Gasteiger partial charge in [0, 0.05) is 10.6 Å². The SMILES string of the molecule is Clc1cccc(/C=c2\nc(-c3ccccc3)n3c2nc2ccccc23)c1. The summed E-state index contributed by atoms with van der Waals surface area (Å²) in [7, 11) is 0. The average molecular weight is 356 g/mol. The van der Waals surface area contributed by atoms with Crippen LogP contribution >= 0.6 is 11.6 Å². The number of nitrogens with zero attached hydrogens (tertiary/aromatic N) is 3. The summed E-state index contributed by atoms with van der Waals surface area (Å²) in [6.45, 7) is 0. The van der Waals surface area contributed by atoms with Crippen molar-refractivity contribution < 1.29 is 0 Å². The number of aromatic nitrogens is 3. The molecule has 0 saturated heterocycles. The Labute approximate surface area is 155 Å². The highest BCUT2D eigenvalue weighted by atomic mass is 35.5. The highest BCUT2D eigenvalue weighted by Gasteiger charge is 2.14. The van der Waals surface area contributed by atoms with E-state index >= 15 is 0 Å². The van der Waals surface area contributed by atoms with Crippen LogP contribution in [0.5, 0.6) is 0 Å². The van der Waals surface area contributed by atoms with Crippen LogP contribution in [0.2, 0.25) is 5.02 Å². The number of halogens is 1. The summed E-state index contributed by atoms with van der Waals surface area (Å²) < 4.78 is 2.13. The van der Waals surface area contributed by atoms with Gasteiger partial charge in [-0.15, -0.1) is 0 Å². The van der Waals surface area contributed by atoms with E-state index < -0.39 is 0 Å². The zero-order chi connectivity index (χ0) is 17.5. The topological polar surface area (TPSA) is 30.2 Å². The van der Waals surface area contributed by atoms with Gasteiger partial charge in [-0.05, 0) is 35.9 Å². The Balaban J connectivity index is 1.88. The third kappa shape index (κ3) is 2.45. The van der Waals surface area contributed by atoms with Crippen molar-refractivity contribution in [2.45, 2.75) is 0 Å². The van der Waals surface area contributed by atoms with Crippen molar-refractivity contribution in [3.05, 3.63) is 94.8 Å². The van der Waals surface area contributed by atoms with Crippen molar-refractivity contribution in [3.63, 3.8) is 0 Å². The molecule has 0 saturated carbocycles. The van der Waals surface area contributed by atoms with Gasteiger partial charge >= 0.3 is 0 Å². The molecular formula is C22H14ClN3. The molecule has 2 aromatic heterocycles. The fraction of sp³-hybridized carbons (Fsp3) is 0. The van der Waals surface area contributed by atoms with Gasteiger partial charge in [0.25, 0.3) is 0 Å². The monoisotopic (exact) mass is 355 g/mol. The van der Waals surface area contributed by atoms with E-state index in [1.165, 1.54) is 0 Å². The number of benzene rings is 3. The Morgan fingerprint density at radius 3 is 2.46 bits per heavy atom. The molecule has 0 aliphatic heterocycles. The molecule has 0 aliphatic carbocycles. The lowest BCUT2D eigenvalue weighted by Crippen LogP contribution is -2.03. The highest BCUT2D eigenvalue weighted by molar-refractivity contribution is 6.30. The molecule has 0 fully saturated rings. The molecular weight excluding hydrogens is 342 g/mol. The number of imidazole rings is 2. The summed E-state index contributed by atoms with van der Waals surface area (Å²) in [6, 6.07) is 26.1. The van der Waals surface area contributed by atoms with E-state index in [1.54, 1.807) is 0 Å². The normalized spacial score (nSPS) is 12.3. The number of fused-ring (bicyclic) bond motifs is 3. The van der Waals surface area contributed by atoms with Crippen molar-refractivity contribution in [1.29, 1.82) is 0 Å². The van der Waals surface area contributed by atoms with Gasteiger partial charge in [-0.2, -0.15) is 0 Å². The summed E-state index contributed by atoms with van der Waals surface area (Å²) in [5.41, 5.74) is 4.93. The maximum atomic E-state index is 6.13. The lowest BCUT2D eigenvalue weighted by atomic mass is 10.2. The second kappa shape index (κ2) is 5.97. The maximum absolute atomic E-state index is 6.13. The van der Waals surface area contributed by atoms with Crippen molar-refractivity contribution in [2.24, 2.45) is 0 Å². The molecule has 0 N–H and O–H groups in total. The van der Waals surface area contributed by atoms with Gasteiger partial charge < -0.3 is 0 Å². The van der Waals surface area contributed by atoms with Gasteiger partial charge in [-0.25, -0.2) is 9.97 Å². The Morgan fingerprint density at radius 2 is 1.62 bits per heavy atom. The summed E-state index contributed by atoms with van der Waals surface area (Å²) in [4.78, 5) is 9.71. The molecule has 2 heterocycles. The molecule has 0 aliphatic rings. The third-order valence-electron chi connectivity index (χ3n) is 4.41. The predicted molar refractivity (Wildman–Crippen MR) is 106 cm³/mol. The average Bonchev–Trinajstić information content (AvgIpc) is 3.21. The van der Waals surface area contributed by atoms with Crippen LogP contribution in [-0.2, 0) is 0 Å². The van der Waals surface area contributed by atoms with E-state index in [1.807, 2.05) is 66.7 Å². The second-order valence-electron chi connectivity index (χ2n) is 6.15. The first-order valence-corrected chi connectivity index (χ1v) is 8.77. The molecule has 4 heteroatoms. The third-order valence-corrected chi connectivity index (χ3v) is 4.65. The van der Waals surface area contributed by atoms with Crippen LogP contribution in [0, 0.1) is 0 Å². The van der Waals surface area contributed by atoms with Crippen LogP contribution in [0.1, 0.15) is 5.56 Å². The Bertz CT molecular complexity index is 1290. The van der Waals surface area contributed by atoms with Crippen LogP contribution in [-0.4, -0.2) is 14.4 Å². The van der Waals surface area contributed by atoms with Crippen LogP contribution < -0.4 is 5.35 Å². The minimum absolute atomic E-state index is 0.707. The summed E-state index contributed by atoms with van der Waals surface area (Å²) in [5, 5.41) is 1.54. The van der Waals surface area contributed by atoms with E-state index in [9.17, 15) is 0 Å². The Hall–Kier alpha value is -3.17. The van der Waals surface area contributed by atoms with Gasteiger partial charge in [0.15, 0.2) is 5.65 Å². The molecule has 0 bridgehead atoms. The van der Waals surface area contributed by atoms with Crippen LogP contribution in [0.3, 0.4) is 0 Å². The van der Waals surface area contributed by atoms with Crippen LogP contribution in [0.15, 0.2) is 78.9 Å². The minimum Gasteiger partial charge on any atom is -0.274 e. The fourth-order valence-corrected chi connectivity index (χ4v) is 3.46. The standard InChI is InChI=1S/C22H14ClN3/c23-17-10-6-7-15(13-17)14-19-22-24-18-11-4-5-12-20(18)26(22)21(25-19)16-8-2-1-3-9-16/h1-14H/b19-14-. The Morgan fingerprint density at radius 1 is 0.808 bits per heavy atom. The fourth-order valence-electron chi connectivity index (χ4n) is 3.26. The number of hydrogen-bond acceptors (Lipinski definition) is 2. The smallest absolute Gasteiger partial charge is 0.165 e. The van der Waals surface area contributed by atoms with Crippen LogP contribution in [0.4, 0.5) is 0 Å². The highest BCUT2D eigenvalue weighted by Crippen LogP contribution is 2.23. The van der Waals surface area contributed by atoms with Gasteiger partial charge in [0.2, 0.25) is 0 Å². The minimum atomic E-state index is 0.707. The molecule has 5 aromatic rings. The number of para-hydroxylation sites is 2. The molecule has 3 nitrogen and oxygen atoms in total. The van der Waals surface area contributed by atoms with E-state index in [0.717, 1.165) is 39.0 Å². The molecule has 26 heavy (non-hydrogen) atoms. The maximum Gasteiger partial charge on any atom is 0.165 e. The van der Waals surface area contributed by atoms with E-state index in [2.05, 4.69) is 22.6 Å². The lowest BCUT2D eigenvalue weighted by molar-refractivity contribution is 1.22. The largest absolute Gasteiger partial charge is 0.274 e. The molecule has 0 spiro atoms. The first kappa shape index (κ1) is 15.1. The lowest BCUT2D eigenvalue weighted by Gasteiger charge is -1.99. The van der Waals surface area contributed by atoms with Gasteiger partial charge in [-0.1, -0.05) is 66.2 Å². The summed E-state index contributed by atoms with van der Waals surface area (Å²) >= 11 is 6.13. The number of rotatable bonds is 2. The zero-order valence-corrected chi connectivity index (χ0v) is 14.6. The van der Waals surface area contributed by atoms with Gasteiger partial charge in [0.05, 0.1) is 11.0 Å². The summed E-state index contributed by atoms with van der Waals surface area (Å²) in [6.07, 6.45) is 2.03. The van der Waals surface area contributed by atoms with E-state index in [0.29, 0.717) is 5.02 Å². The van der Waals surface area contributed by atoms with Gasteiger partial charge in [-0.3, -0.25) is 4.40 Å². The van der Waals surface area contributed by atoms with Crippen LogP contribution in [0.25, 0.3) is 34.1 Å². The van der Waals surface area contributed by atoms with Gasteiger partial charge in [0.1, 0.15) is 11.2 Å². The van der Waals surface area contributed by atoms with Crippen molar-refractivity contribution >= 4 is 34.4 Å². The Kier molecular flexibility index (Phi) is 3.47. The molecule has 0 radical (unpaired) electrons. The molecule has 3 aromatic carbocycles. The number of hydrogen-bond donors (Lipinski definition) is 0. The predicted octanol–water partition coefficient (Wildman–Crippen LogP) is 4.75. The molecule has 0 atom stereocenters. The van der Waals surface area contributed by atoms with E-state index in [4.69, 9.17) is 21.6 Å². The van der Waals surface area contributed by atoms with E-state index in [-0.39, 0.29) is 0 Å². The molecule has 124 valence electrons. The second-order valence-corrected chi connectivity index (χ2v) is 6.58. The summed E-state index contributed by atoms with van der Waals surface area (Å²) in [5.74, 6) is 0.891. The quantitative estimate of drug-likeness (QED) is 0.457. The first-order chi connectivity index (χ1) is 12.8.